The SMILES string of the molecule is CCOC(=O)CCCCCNCc1nncn1C. The molecule has 0 saturated heterocycles. The number of hydrogen-bond donors (Lipinski definition) is 1. The van der Waals surface area contributed by atoms with Crippen molar-refractivity contribution in [2.45, 2.75) is 39.2 Å². The summed E-state index contributed by atoms with van der Waals surface area (Å²) < 4.78 is 6.76. The second kappa shape index (κ2) is 8.63. The van der Waals surface area contributed by atoms with Crippen LogP contribution in [0, 0.1) is 0 Å². The monoisotopic (exact) mass is 254 g/mol. The van der Waals surface area contributed by atoms with Crippen LogP contribution >= 0.6 is 0 Å². The molecule has 0 saturated carbocycles. The number of ether oxygens (including phenoxy) is 1. The van der Waals surface area contributed by atoms with E-state index in [1.54, 1.807) is 6.33 Å². The van der Waals surface area contributed by atoms with Crippen LogP contribution in [-0.2, 0) is 23.1 Å². The maximum Gasteiger partial charge on any atom is 0.305 e. The Morgan fingerprint density at radius 1 is 1.44 bits per heavy atom. The first-order valence-electron chi connectivity index (χ1n) is 6.43. The van der Waals surface area contributed by atoms with E-state index < -0.39 is 0 Å². The first-order chi connectivity index (χ1) is 8.74. The molecule has 1 N–H and O–H groups in total. The predicted octanol–water partition coefficient (Wildman–Crippen LogP) is 1.03. The van der Waals surface area contributed by atoms with E-state index in [0.29, 0.717) is 13.0 Å². The third-order valence-corrected chi connectivity index (χ3v) is 2.63. The van der Waals surface area contributed by atoms with Crippen molar-refractivity contribution in [1.29, 1.82) is 0 Å². The molecule has 0 spiro atoms. The summed E-state index contributed by atoms with van der Waals surface area (Å²) in [7, 11) is 1.93. The number of hydrogen-bond acceptors (Lipinski definition) is 5. The highest BCUT2D eigenvalue weighted by Crippen LogP contribution is 2.01. The molecule has 0 aliphatic rings. The number of aryl methyl sites for hydroxylation is 1. The van der Waals surface area contributed by atoms with Gasteiger partial charge in [0.2, 0.25) is 0 Å². The van der Waals surface area contributed by atoms with Gasteiger partial charge in [-0.3, -0.25) is 4.79 Å². The highest BCUT2D eigenvalue weighted by molar-refractivity contribution is 5.69. The van der Waals surface area contributed by atoms with Gasteiger partial charge in [0.15, 0.2) is 0 Å². The van der Waals surface area contributed by atoms with Gasteiger partial charge in [-0.05, 0) is 26.3 Å². The van der Waals surface area contributed by atoms with Gasteiger partial charge in [0.1, 0.15) is 12.2 Å². The summed E-state index contributed by atoms with van der Waals surface area (Å²) in [5.41, 5.74) is 0. The molecule has 0 aliphatic carbocycles. The third kappa shape index (κ3) is 5.77. The Hall–Kier alpha value is -1.43. The van der Waals surface area contributed by atoms with Crippen LogP contribution in [0.2, 0.25) is 0 Å². The van der Waals surface area contributed by atoms with Crippen LogP contribution < -0.4 is 5.32 Å². The number of esters is 1. The molecule has 0 fully saturated rings. The summed E-state index contributed by atoms with van der Waals surface area (Å²) in [6, 6.07) is 0. The van der Waals surface area contributed by atoms with Crippen molar-refractivity contribution in [2.75, 3.05) is 13.2 Å². The zero-order valence-corrected chi connectivity index (χ0v) is 11.2. The van der Waals surface area contributed by atoms with E-state index in [4.69, 9.17) is 4.74 Å². The van der Waals surface area contributed by atoms with E-state index >= 15 is 0 Å². The van der Waals surface area contributed by atoms with Gasteiger partial charge in [-0.1, -0.05) is 6.42 Å². The molecular weight excluding hydrogens is 232 g/mol. The average molecular weight is 254 g/mol. The smallest absolute Gasteiger partial charge is 0.305 e. The maximum absolute atomic E-state index is 11.1. The number of carbonyl (C=O) groups is 1. The molecule has 6 heteroatoms. The number of carbonyl (C=O) groups excluding carboxylic acids is 1. The lowest BCUT2D eigenvalue weighted by Gasteiger charge is -2.04. The Balaban J connectivity index is 1.93. The van der Waals surface area contributed by atoms with Crippen LogP contribution in [0.15, 0.2) is 6.33 Å². The summed E-state index contributed by atoms with van der Waals surface area (Å²) in [6.07, 6.45) is 5.19. The van der Waals surface area contributed by atoms with Crippen molar-refractivity contribution in [3.8, 4) is 0 Å². The molecule has 1 rings (SSSR count). The number of aromatic nitrogens is 3. The van der Waals surface area contributed by atoms with Gasteiger partial charge < -0.3 is 14.6 Å². The largest absolute Gasteiger partial charge is 0.466 e. The van der Waals surface area contributed by atoms with Gasteiger partial charge in [0.05, 0.1) is 13.2 Å². The van der Waals surface area contributed by atoms with Crippen LogP contribution in [0.1, 0.15) is 38.4 Å². The lowest BCUT2D eigenvalue weighted by atomic mass is 10.2. The second-order valence-corrected chi connectivity index (χ2v) is 4.15. The molecule has 6 nitrogen and oxygen atoms in total. The molecular formula is C12H22N4O2. The predicted molar refractivity (Wildman–Crippen MR) is 67.8 cm³/mol. The zero-order valence-electron chi connectivity index (χ0n) is 11.2. The fourth-order valence-corrected chi connectivity index (χ4v) is 1.60. The molecule has 102 valence electrons. The van der Waals surface area contributed by atoms with E-state index in [1.165, 1.54) is 0 Å². The Kier molecular flexibility index (Phi) is 7.01. The molecule has 0 amide bonds. The van der Waals surface area contributed by atoms with E-state index in [1.807, 2.05) is 18.5 Å². The van der Waals surface area contributed by atoms with E-state index in [0.717, 1.165) is 38.2 Å². The summed E-state index contributed by atoms with van der Waals surface area (Å²) >= 11 is 0. The number of rotatable bonds is 9. The normalized spacial score (nSPS) is 10.6. The molecule has 1 aromatic heterocycles. The van der Waals surface area contributed by atoms with Crippen molar-refractivity contribution in [2.24, 2.45) is 7.05 Å². The van der Waals surface area contributed by atoms with Crippen molar-refractivity contribution >= 4 is 5.97 Å². The van der Waals surface area contributed by atoms with Gasteiger partial charge in [-0.15, -0.1) is 10.2 Å². The Bertz CT molecular complexity index is 352. The molecule has 18 heavy (non-hydrogen) atoms. The fourth-order valence-electron chi connectivity index (χ4n) is 1.60. The minimum Gasteiger partial charge on any atom is -0.466 e. The van der Waals surface area contributed by atoms with Crippen molar-refractivity contribution in [1.82, 2.24) is 20.1 Å². The molecule has 0 aliphatic heterocycles. The number of nitrogens with zero attached hydrogens (tertiary/aromatic N) is 3. The lowest BCUT2D eigenvalue weighted by molar-refractivity contribution is -0.143. The van der Waals surface area contributed by atoms with Crippen LogP contribution in [-0.4, -0.2) is 33.9 Å². The van der Waals surface area contributed by atoms with Crippen molar-refractivity contribution < 1.29 is 9.53 Å². The zero-order chi connectivity index (χ0) is 13.2. The fraction of sp³-hybridized carbons (Fsp3) is 0.750. The average Bonchev–Trinajstić information content (AvgIpc) is 2.74. The third-order valence-electron chi connectivity index (χ3n) is 2.63. The Morgan fingerprint density at radius 2 is 2.28 bits per heavy atom. The lowest BCUT2D eigenvalue weighted by Crippen LogP contribution is -2.17. The van der Waals surface area contributed by atoms with Crippen molar-refractivity contribution in [3.63, 3.8) is 0 Å². The van der Waals surface area contributed by atoms with E-state index in [-0.39, 0.29) is 5.97 Å². The summed E-state index contributed by atoms with van der Waals surface area (Å²) in [4.78, 5) is 11.1. The van der Waals surface area contributed by atoms with Gasteiger partial charge in [0, 0.05) is 13.5 Å². The van der Waals surface area contributed by atoms with Crippen LogP contribution in [0.5, 0.6) is 0 Å². The standard InChI is InChI=1S/C12H22N4O2/c1-3-18-12(17)7-5-4-6-8-13-9-11-15-14-10-16(11)2/h10,13H,3-9H2,1-2H3. The van der Waals surface area contributed by atoms with Crippen LogP contribution in [0.4, 0.5) is 0 Å². The van der Waals surface area contributed by atoms with Crippen LogP contribution in [0.3, 0.4) is 0 Å². The number of nitrogens with one attached hydrogen (secondary N) is 1. The number of unbranched alkanes of at least 4 members (excludes halogenated alkanes) is 2. The summed E-state index contributed by atoms with van der Waals surface area (Å²) in [6.45, 7) is 3.95. The van der Waals surface area contributed by atoms with E-state index in [2.05, 4.69) is 15.5 Å². The highest BCUT2D eigenvalue weighted by atomic mass is 16.5. The molecule has 1 aromatic rings. The second-order valence-electron chi connectivity index (χ2n) is 4.15. The first kappa shape index (κ1) is 14.6. The molecule has 1 heterocycles. The first-order valence-corrected chi connectivity index (χ1v) is 6.43. The Morgan fingerprint density at radius 3 is 2.94 bits per heavy atom. The van der Waals surface area contributed by atoms with E-state index in [9.17, 15) is 4.79 Å². The molecule has 0 radical (unpaired) electrons. The topological polar surface area (TPSA) is 69.0 Å². The highest BCUT2D eigenvalue weighted by Gasteiger charge is 2.01. The van der Waals surface area contributed by atoms with Gasteiger partial charge in [0.25, 0.3) is 0 Å². The summed E-state index contributed by atoms with van der Waals surface area (Å²) in [5.74, 6) is 0.839. The quantitative estimate of drug-likeness (QED) is 0.526. The van der Waals surface area contributed by atoms with Gasteiger partial charge in [-0.25, -0.2) is 0 Å². The minimum absolute atomic E-state index is 0.0930. The molecule has 0 unspecified atom stereocenters. The van der Waals surface area contributed by atoms with Gasteiger partial charge >= 0.3 is 5.97 Å². The molecule has 0 aromatic carbocycles. The minimum atomic E-state index is -0.0930. The molecule has 0 atom stereocenters. The van der Waals surface area contributed by atoms with Crippen molar-refractivity contribution in [3.05, 3.63) is 12.2 Å². The van der Waals surface area contributed by atoms with Gasteiger partial charge in [-0.2, -0.15) is 0 Å². The Labute approximate surface area is 108 Å². The van der Waals surface area contributed by atoms with Crippen LogP contribution in [0.25, 0.3) is 0 Å². The molecule has 0 bridgehead atoms. The summed E-state index contributed by atoms with van der Waals surface area (Å²) in [5, 5.41) is 11.1. The maximum atomic E-state index is 11.1.